The van der Waals surface area contributed by atoms with Gasteiger partial charge in [0.1, 0.15) is 0 Å². The molecule has 2 heterocycles. The highest BCUT2D eigenvalue weighted by molar-refractivity contribution is 5.83. The van der Waals surface area contributed by atoms with E-state index in [-0.39, 0.29) is 24.0 Å². The first-order chi connectivity index (χ1) is 6.68. The summed E-state index contributed by atoms with van der Waals surface area (Å²) in [6, 6.07) is 0.0581. The summed E-state index contributed by atoms with van der Waals surface area (Å²) in [5.41, 5.74) is 0. The minimum absolute atomic E-state index is 0.0581. The molecule has 0 aromatic carbocycles. The highest BCUT2D eigenvalue weighted by atomic mass is 16.3. The Morgan fingerprint density at radius 3 is 2.71 bits per heavy atom. The molecule has 2 aliphatic rings. The molecule has 3 unspecified atom stereocenters. The Kier molecular flexibility index (Phi) is 2.74. The molecule has 0 aromatic heterocycles. The van der Waals surface area contributed by atoms with E-state index in [2.05, 4.69) is 5.32 Å². The number of amides is 1. The second kappa shape index (κ2) is 3.87. The second-order valence-electron chi connectivity index (χ2n) is 4.37. The van der Waals surface area contributed by atoms with Gasteiger partial charge < -0.3 is 15.3 Å². The predicted octanol–water partition coefficient (Wildman–Crippen LogP) is -0.422. The van der Waals surface area contributed by atoms with E-state index in [1.165, 1.54) is 0 Å². The summed E-state index contributed by atoms with van der Waals surface area (Å²) >= 11 is 0. The molecule has 80 valence electrons. The Hall–Kier alpha value is -0.610. The Balaban J connectivity index is 1.85. The maximum Gasteiger partial charge on any atom is 0.239 e. The van der Waals surface area contributed by atoms with Crippen LogP contribution in [0.2, 0.25) is 0 Å². The summed E-state index contributed by atoms with van der Waals surface area (Å²) in [7, 11) is 0. The van der Waals surface area contributed by atoms with Crippen molar-refractivity contribution in [3.63, 3.8) is 0 Å². The lowest BCUT2D eigenvalue weighted by Gasteiger charge is -2.30. The van der Waals surface area contributed by atoms with Gasteiger partial charge in [0.2, 0.25) is 5.91 Å². The van der Waals surface area contributed by atoms with Crippen LogP contribution in [0.25, 0.3) is 0 Å². The molecular formula is C10H18N2O2. The van der Waals surface area contributed by atoms with Crippen LogP contribution in [0, 0.1) is 5.92 Å². The van der Waals surface area contributed by atoms with E-state index >= 15 is 0 Å². The van der Waals surface area contributed by atoms with Crippen LogP contribution in [-0.4, -0.2) is 47.7 Å². The fraction of sp³-hybridized carbons (Fsp3) is 0.900. The van der Waals surface area contributed by atoms with E-state index in [4.69, 9.17) is 0 Å². The molecule has 3 atom stereocenters. The van der Waals surface area contributed by atoms with Gasteiger partial charge >= 0.3 is 0 Å². The number of rotatable bonds is 2. The quantitative estimate of drug-likeness (QED) is 0.633. The van der Waals surface area contributed by atoms with E-state index in [1.54, 1.807) is 6.92 Å². The minimum atomic E-state index is -0.290. The van der Waals surface area contributed by atoms with Crippen LogP contribution < -0.4 is 5.32 Å². The van der Waals surface area contributed by atoms with Gasteiger partial charge in [0.25, 0.3) is 0 Å². The fourth-order valence-corrected chi connectivity index (χ4v) is 2.10. The molecule has 2 saturated heterocycles. The average molecular weight is 198 g/mol. The molecule has 0 radical (unpaired) electrons. The molecule has 14 heavy (non-hydrogen) atoms. The highest BCUT2D eigenvalue weighted by Crippen LogP contribution is 2.21. The van der Waals surface area contributed by atoms with Crippen molar-refractivity contribution in [2.24, 2.45) is 5.92 Å². The standard InChI is InChI=1S/C10H18N2O2/c1-7(13)8-3-5-12(6-8)10(14)9-2-4-11-9/h7-9,11,13H,2-6H2,1H3. The summed E-state index contributed by atoms with van der Waals surface area (Å²) in [5.74, 6) is 0.499. The number of nitrogens with zero attached hydrogens (tertiary/aromatic N) is 1. The van der Waals surface area contributed by atoms with Crippen LogP contribution in [0.5, 0.6) is 0 Å². The first-order valence-electron chi connectivity index (χ1n) is 5.38. The highest BCUT2D eigenvalue weighted by Gasteiger charge is 2.34. The van der Waals surface area contributed by atoms with Gasteiger partial charge in [-0.15, -0.1) is 0 Å². The third-order valence-corrected chi connectivity index (χ3v) is 3.34. The van der Waals surface area contributed by atoms with Crippen LogP contribution >= 0.6 is 0 Å². The maximum atomic E-state index is 11.8. The third-order valence-electron chi connectivity index (χ3n) is 3.34. The molecule has 2 N–H and O–H groups in total. The number of likely N-dealkylation sites (tertiary alicyclic amines) is 1. The van der Waals surface area contributed by atoms with Crippen molar-refractivity contribution in [2.75, 3.05) is 19.6 Å². The topological polar surface area (TPSA) is 52.6 Å². The lowest BCUT2D eigenvalue weighted by atomic mass is 10.0. The molecule has 0 saturated carbocycles. The molecule has 0 spiro atoms. The van der Waals surface area contributed by atoms with Crippen molar-refractivity contribution in [3.05, 3.63) is 0 Å². The zero-order valence-electron chi connectivity index (χ0n) is 8.57. The third kappa shape index (κ3) is 1.77. The molecular weight excluding hydrogens is 180 g/mol. The summed E-state index contributed by atoms with van der Waals surface area (Å²) in [6.45, 7) is 4.31. The van der Waals surface area contributed by atoms with Gasteiger partial charge in [0, 0.05) is 19.0 Å². The number of carbonyl (C=O) groups is 1. The van der Waals surface area contributed by atoms with E-state index < -0.39 is 0 Å². The minimum Gasteiger partial charge on any atom is -0.393 e. The van der Waals surface area contributed by atoms with Gasteiger partial charge in [-0.25, -0.2) is 0 Å². The molecule has 2 rings (SSSR count). The maximum absolute atomic E-state index is 11.8. The van der Waals surface area contributed by atoms with Gasteiger partial charge in [0.05, 0.1) is 12.1 Å². The van der Waals surface area contributed by atoms with Crippen LogP contribution in [0.4, 0.5) is 0 Å². The smallest absolute Gasteiger partial charge is 0.239 e. The van der Waals surface area contributed by atoms with Gasteiger partial charge in [-0.2, -0.15) is 0 Å². The van der Waals surface area contributed by atoms with E-state index in [1.807, 2.05) is 4.90 Å². The van der Waals surface area contributed by atoms with Crippen molar-refractivity contribution in [1.29, 1.82) is 0 Å². The first-order valence-corrected chi connectivity index (χ1v) is 5.38. The molecule has 0 aromatic rings. The van der Waals surface area contributed by atoms with Crippen LogP contribution in [-0.2, 0) is 4.79 Å². The summed E-state index contributed by atoms with van der Waals surface area (Å²) in [6.07, 6.45) is 1.62. The van der Waals surface area contributed by atoms with Gasteiger partial charge in [-0.3, -0.25) is 4.79 Å². The SMILES string of the molecule is CC(O)C1CCN(C(=O)C2CCN2)C1. The number of hydrogen-bond donors (Lipinski definition) is 2. The summed E-state index contributed by atoms with van der Waals surface area (Å²) in [5, 5.41) is 12.5. The van der Waals surface area contributed by atoms with E-state index in [0.29, 0.717) is 0 Å². The monoisotopic (exact) mass is 198 g/mol. The van der Waals surface area contributed by atoms with Crippen molar-refractivity contribution < 1.29 is 9.90 Å². The molecule has 2 aliphatic heterocycles. The van der Waals surface area contributed by atoms with Crippen LogP contribution in [0.3, 0.4) is 0 Å². The van der Waals surface area contributed by atoms with E-state index in [9.17, 15) is 9.90 Å². The van der Waals surface area contributed by atoms with Gasteiger partial charge in [-0.05, 0) is 26.3 Å². The Bertz CT molecular complexity index is 226. The number of nitrogens with one attached hydrogen (secondary N) is 1. The fourth-order valence-electron chi connectivity index (χ4n) is 2.10. The largest absolute Gasteiger partial charge is 0.393 e. The second-order valence-corrected chi connectivity index (χ2v) is 4.37. The zero-order valence-corrected chi connectivity index (χ0v) is 8.57. The predicted molar refractivity (Wildman–Crippen MR) is 52.8 cm³/mol. The van der Waals surface area contributed by atoms with Gasteiger partial charge in [0.15, 0.2) is 0 Å². The number of aliphatic hydroxyl groups excluding tert-OH is 1. The van der Waals surface area contributed by atoms with Crippen molar-refractivity contribution in [3.8, 4) is 0 Å². The molecule has 4 heteroatoms. The lowest BCUT2D eigenvalue weighted by molar-refractivity contribution is -0.134. The molecule has 0 aliphatic carbocycles. The molecule has 1 amide bonds. The molecule has 4 nitrogen and oxygen atoms in total. The van der Waals surface area contributed by atoms with Crippen molar-refractivity contribution in [2.45, 2.75) is 31.9 Å². The van der Waals surface area contributed by atoms with Crippen molar-refractivity contribution >= 4 is 5.91 Å². The number of hydrogen-bond acceptors (Lipinski definition) is 3. The molecule has 2 fully saturated rings. The average Bonchev–Trinajstić information content (AvgIpc) is 2.48. The molecule has 0 bridgehead atoms. The summed E-state index contributed by atoms with van der Waals surface area (Å²) < 4.78 is 0. The normalized spacial score (nSPS) is 34.0. The Morgan fingerprint density at radius 1 is 1.57 bits per heavy atom. The van der Waals surface area contributed by atoms with Gasteiger partial charge in [-0.1, -0.05) is 0 Å². The zero-order chi connectivity index (χ0) is 10.1. The first kappa shape index (κ1) is 9.93. The number of aliphatic hydroxyl groups is 1. The Morgan fingerprint density at radius 2 is 2.29 bits per heavy atom. The lowest BCUT2D eigenvalue weighted by Crippen LogP contribution is -2.54. The van der Waals surface area contributed by atoms with Crippen LogP contribution in [0.15, 0.2) is 0 Å². The van der Waals surface area contributed by atoms with E-state index in [0.717, 1.165) is 32.5 Å². The number of carbonyl (C=O) groups excluding carboxylic acids is 1. The van der Waals surface area contributed by atoms with Crippen molar-refractivity contribution in [1.82, 2.24) is 10.2 Å². The Labute approximate surface area is 84.3 Å². The summed E-state index contributed by atoms with van der Waals surface area (Å²) in [4.78, 5) is 13.7. The van der Waals surface area contributed by atoms with Crippen LogP contribution in [0.1, 0.15) is 19.8 Å².